The normalized spacial score (nSPS) is 15.6. The topological polar surface area (TPSA) is 97.7 Å². The van der Waals surface area contributed by atoms with Crippen molar-refractivity contribution in [2.45, 2.75) is 26.3 Å². The van der Waals surface area contributed by atoms with Gasteiger partial charge in [-0.1, -0.05) is 13.8 Å². The van der Waals surface area contributed by atoms with E-state index in [9.17, 15) is 14.9 Å². The molecule has 1 aliphatic rings. The second-order valence-corrected chi connectivity index (χ2v) is 6.66. The Morgan fingerprint density at radius 3 is 2.62 bits per heavy atom. The molecular formula is C17H23N5O4. The van der Waals surface area contributed by atoms with Crippen LogP contribution < -0.4 is 0 Å². The predicted molar refractivity (Wildman–Crippen MR) is 94.0 cm³/mol. The predicted octanol–water partition coefficient (Wildman–Crippen LogP) is 1.97. The van der Waals surface area contributed by atoms with Crippen molar-refractivity contribution in [3.05, 3.63) is 46.2 Å². The van der Waals surface area contributed by atoms with Crippen molar-refractivity contribution in [3.63, 3.8) is 0 Å². The van der Waals surface area contributed by atoms with Crippen LogP contribution in [0.5, 0.6) is 0 Å². The van der Waals surface area contributed by atoms with Gasteiger partial charge in [0.05, 0.1) is 6.07 Å². The number of carbonyl (C=O) groups is 1. The van der Waals surface area contributed by atoms with Crippen molar-refractivity contribution >= 4 is 11.8 Å². The van der Waals surface area contributed by atoms with Crippen LogP contribution in [0.25, 0.3) is 0 Å². The average Bonchev–Trinajstić information content (AvgIpc) is 3.29. The van der Waals surface area contributed by atoms with E-state index in [-0.39, 0.29) is 11.7 Å². The minimum atomic E-state index is -0.643. The molecule has 2 aromatic heterocycles. The first-order valence-corrected chi connectivity index (χ1v) is 8.72. The average molecular weight is 361 g/mol. The molecule has 1 aliphatic heterocycles. The lowest BCUT2D eigenvalue weighted by atomic mass is 10.2. The van der Waals surface area contributed by atoms with Gasteiger partial charge in [-0.3, -0.25) is 19.8 Å². The van der Waals surface area contributed by atoms with Gasteiger partial charge in [0.1, 0.15) is 10.7 Å². The molecule has 2 aromatic rings. The van der Waals surface area contributed by atoms with Crippen molar-refractivity contribution in [2.24, 2.45) is 0 Å². The van der Waals surface area contributed by atoms with Crippen LogP contribution in [0.2, 0.25) is 0 Å². The Hall–Kier alpha value is -2.68. The van der Waals surface area contributed by atoms with Crippen molar-refractivity contribution in [2.75, 3.05) is 32.7 Å². The Balaban J connectivity index is 1.50. The first kappa shape index (κ1) is 18.1. The summed E-state index contributed by atoms with van der Waals surface area (Å²) in [7, 11) is 0. The van der Waals surface area contributed by atoms with E-state index < -0.39 is 10.8 Å². The Bertz CT molecular complexity index is 774. The molecule has 0 spiro atoms. The summed E-state index contributed by atoms with van der Waals surface area (Å²) in [5.41, 5.74) is 0. The van der Waals surface area contributed by atoms with Crippen molar-refractivity contribution in [1.29, 1.82) is 0 Å². The molecule has 9 nitrogen and oxygen atoms in total. The molecule has 3 heterocycles. The van der Waals surface area contributed by atoms with E-state index in [4.69, 9.17) is 4.42 Å². The van der Waals surface area contributed by atoms with E-state index in [0.717, 1.165) is 32.0 Å². The molecule has 0 atom stereocenters. The second kappa shape index (κ2) is 7.69. The van der Waals surface area contributed by atoms with Crippen LogP contribution in [0.15, 0.2) is 28.9 Å². The monoisotopic (exact) mass is 361 g/mol. The number of piperazine rings is 1. The quantitative estimate of drug-likeness (QED) is 0.576. The summed E-state index contributed by atoms with van der Waals surface area (Å²) in [6.45, 7) is 8.70. The zero-order valence-electron chi connectivity index (χ0n) is 15.0. The molecule has 3 rings (SSSR count). The van der Waals surface area contributed by atoms with Gasteiger partial charge in [0.25, 0.3) is 5.91 Å². The van der Waals surface area contributed by atoms with Crippen molar-refractivity contribution in [1.82, 2.24) is 19.4 Å². The fourth-order valence-electron chi connectivity index (χ4n) is 3.13. The van der Waals surface area contributed by atoms with Gasteiger partial charge in [-0.2, -0.15) is 0 Å². The van der Waals surface area contributed by atoms with Gasteiger partial charge in [0.15, 0.2) is 5.76 Å². The number of amides is 1. The number of rotatable bonds is 6. The lowest BCUT2D eigenvalue weighted by Crippen LogP contribution is -2.49. The van der Waals surface area contributed by atoms with E-state index in [2.05, 4.69) is 28.3 Å². The summed E-state index contributed by atoms with van der Waals surface area (Å²) in [4.78, 5) is 30.8. The number of hydrogen-bond donors (Lipinski definition) is 0. The third-order valence-corrected chi connectivity index (χ3v) is 4.56. The van der Waals surface area contributed by atoms with E-state index in [0.29, 0.717) is 19.0 Å². The maximum atomic E-state index is 12.4. The molecule has 0 saturated carbocycles. The van der Waals surface area contributed by atoms with Gasteiger partial charge < -0.3 is 13.9 Å². The van der Waals surface area contributed by atoms with Gasteiger partial charge >= 0.3 is 5.88 Å². The molecular weight excluding hydrogens is 338 g/mol. The first-order chi connectivity index (χ1) is 12.5. The molecule has 1 fully saturated rings. The smallest absolute Gasteiger partial charge is 0.395 e. The van der Waals surface area contributed by atoms with Gasteiger partial charge in [-0.25, -0.2) is 4.98 Å². The maximum absolute atomic E-state index is 12.4. The van der Waals surface area contributed by atoms with E-state index in [1.165, 1.54) is 12.1 Å². The Kier molecular flexibility index (Phi) is 5.36. The minimum absolute atomic E-state index is 0.0186. The summed E-state index contributed by atoms with van der Waals surface area (Å²) >= 11 is 0. The van der Waals surface area contributed by atoms with Gasteiger partial charge in [0.2, 0.25) is 0 Å². The highest BCUT2D eigenvalue weighted by Crippen LogP contribution is 2.18. The van der Waals surface area contributed by atoms with E-state index in [1.807, 2.05) is 12.4 Å². The molecule has 0 aliphatic carbocycles. The summed E-state index contributed by atoms with van der Waals surface area (Å²) in [6.07, 6.45) is 3.83. The molecule has 0 aromatic carbocycles. The standard InChI is InChI=1S/C17H23N5O4/c1-13(2)16-18-5-6-20(16)10-7-19-8-11-21(12-9-19)17(23)14-3-4-15(26-14)22(24)25/h3-6,13H,7-12H2,1-2H3. The van der Waals surface area contributed by atoms with Gasteiger partial charge in [0, 0.05) is 57.6 Å². The molecule has 9 heteroatoms. The highest BCUT2D eigenvalue weighted by molar-refractivity contribution is 5.91. The van der Waals surface area contributed by atoms with Crippen LogP contribution in [0.3, 0.4) is 0 Å². The lowest BCUT2D eigenvalue weighted by molar-refractivity contribution is -0.402. The second-order valence-electron chi connectivity index (χ2n) is 6.66. The Morgan fingerprint density at radius 1 is 1.27 bits per heavy atom. The Morgan fingerprint density at radius 2 is 2.00 bits per heavy atom. The number of nitro groups is 1. The number of hydrogen-bond acceptors (Lipinski definition) is 6. The molecule has 0 bridgehead atoms. The minimum Gasteiger partial charge on any atom is -0.395 e. The van der Waals surface area contributed by atoms with Gasteiger partial charge in [-0.05, 0) is 6.07 Å². The Labute approximate surface area is 151 Å². The molecule has 140 valence electrons. The molecule has 0 unspecified atom stereocenters. The van der Waals surface area contributed by atoms with Crippen LogP contribution in [0.4, 0.5) is 5.88 Å². The molecule has 26 heavy (non-hydrogen) atoms. The first-order valence-electron chi connectivity index (χ1n) is 8.72. The maximum Gasteiger partial charge on any atom is 0.433 e. The summed E-state index contributed by atoms with van der Waals surface area (Å²) in [5, 5.41) is 10.7. The zero-order chi connectivity index (χ0) is 18.7. The number of carbonyl (C=O) groups excluding carboxylic acids is 1. The fourth-order valence-corrected chi connectivity index (χ4v) is 3.13. The van der Waals surface area contributed by atoms with E-state index >= 15 is 0 Å². The number of nitrogens with zero attached hydrogens (tertiary/aromatic N) is 5. The third kappa shape index (κ3) is 3.93. The van der Waals surface area contributed by atoms with Crippen molar-refractivity contribution in [3.8, 4) is 0 Å². The summed E-state index contributed by atoms with van der Waals surface area (Å²) < 4.78 is 7.18. The highest BCUT2D eigenvalue weighted by Gasteiger charge is 2.26. The zero-order valence-corrected chi connectivity index (χ0v) is 15.0. The third-order valence-electron chi connectivity index (χ3n) is 4.56. The van der Waals surface area contributed by atoms with Gasteiger partial charge in [-0.15, -0.1) is 0 Å². The highest BCUT2D eigenvalue weighted by atomic mass is 16.6. The summed E-state index contributed by atoms with van der Waals surface area (Å²) in [6, 6.07) is 2.57. The van der Waals surface area contributed by atoms with Crippen LogP contribution in [0, 0.1) is 10.1 Å². The van der Waals surface area contributed by atoms with Crippen molar-refractivity contribution < 1.29 is 14.1 Å². The lowest BCUT2D eigenvalue weighted by Gasteiger charge is -2.34. The molecule has 1 saturated heterocycles. The molecule has 1 amide bonds. The van der Waals surface area contributed by atoms with Crippen LogP contribution in [-0.4, -0.2) is 62.9 Å². The van der Waals surface area contributed by atoms with Crippen LogP contribution in [-0.2, 0) is 6.54 Å². The molecule has 0 N–H and O–H groups in total. The number of furan rings is 1. The number of aromatic nitrogens is 2. The number of imidazole rings is 1. The fraction of sp³-hybridized carbons (Fsp3) is 0.529. The largest absolute Gasteiger partial charge is 0.433 e. The molecule has 0 radical (unpaired) electrons. The summed E-state index contributed by atoms with van der Waals surface area (Å²) in [5.74, 6) is 0.780. The van der Waals surface area contributed by atoms with Crippen LogP contribution in [0.1, 0.15) is 36.1 Å². The van der Waals surface area contributed by atoms with E-state index in [1.54, 1.807) is 4.90 Å². The SMILES string of the molecule is CC(C)c1nccn1CCN1CCN(C(=O)c2ccc([N+](=O)[O-])o2)CC1. The van der Waals surface area contributed by atoms with Crippen LogP contribution >= 0.6 is 0 Å².